The van der Waals surface area contributed by atoms with Gasteiger partial charge in [0.05, 0.1) is 0 Å². The van der Waals surface area contributed by atoms with Crippen molar-refractivity contribution in [3.63, 3.8) is 0 Å². The minimum absolute atomic E-state index is 0.0236. The summed E-state index contributed by atoms with van der Waals surface area (Å²) in [4.78, 5) is 49.0. The van der Waals surface area contributed by atoms with Crippen molar-refractivity contribution in [3.8, 4) is 11.5 Å². The number of carbonyl (C=O) groups excluding carboxylic acids is 4. The summed E-state index contributed by atoms with van der Waals surface area (Å²) in [5.74, 6) is -1.01. The summed E-state index contributed by atoms with van der Waals surface area (Å²) in [6.07, 6.45) is -4.57. The lowest BCUT2D eigenvalue weighted by Gasteiger charge is -2.24. The summed E-state index contributed by atoms with van der Waals surface area (Å²) in [6, 6.07) is 3.17. The third-order valence-electron chi connectivity index (χ3n) is 4.57. The fraction of sp³-hybridized carbons (Fsp3) is 0.643. The fourth-order valence-corrected chi connectivity index (χ4v) is 2.79. The Morgan fingerprint density at radius 3 is 1.57 bits per heavy atom. The second kappa shape index (κ2) is 13.7. The Balaban J connectivity index is 2.98. The van der Waals surface area contributed by atoms with Crippen molar-refractivity contribution in [2.45, 2.75) is 118 Å². The maximum Gasteiger partial charge on any atom is 0.514 e. The quantitative estimate of drug-likeness (QED) is 0.240. The van der Waals surface area contributed by atoms with Crippen molar-refractivity contribution in [3.05, 3.63) is 23.8 Å². The molecule has 40 heavy (non-hydrogen) atoms. The fourth-order valence-electron chi connectivity index (χ4n) is 2.79. The van der Waals surface area contributed by atoms with E-state index in [2.05, 4.69) is 0 Å². The Hall–Kier alpha value is -3.54. The van der Waals surface area contributed by atoms with Crippen molar-refractivity contribution < 1.29 is 52.3 Å². The highest BCUT2D eigenvalue weighted by molar-refractivity contribution is 5.76. The van der Waals surface area contributed by atoms with Crippen LogP contribution < -0.4 is 15.2 Å². The average molecular weight is 570 g/mol. The number of esters is 1. The van der Waals surface area contributed by atoms with E-state index in [0.29, 0.717) is 5.56 Å². The van der Waals surface area contributed by atoms with E-state index in [-0.39, 0.29) is 17.9 Å². The molecule has 0 radical (unpaired) electrons. The van der Waals surface area contributed by atoms with Gasteiger partial charge in [-0.2, -0.15) is 0 Å². The van der Waals surface area contributed by atoms with Crippen LogP contribution in [0.15, 0.2) is 18.2 Å². The Bertz CT molecular complexity index is 1050. The van der Waals surface area contributed by atoms with Gasteiger partial charge in [-0.1, -0.05) is 6.07 Å². The first-order valence-corrected chi connectivity index (χ1v) is 12.8. The highest BCUT2D eigenvalue weighted by Gasteiger charge is 2.28. The molecule has 0 aliphatic rings. The van der Waals surface area contributed by atoms with Crippen LogP contribution in [0.4, 0.5) is 14.4 Å². The molecule has 0 heterocycles. The van der Waals surface area contributed by atoms with Gasteiger partial charge in [0, 0.05) is 0 Å². The Labute approximate surface area is 235 Å². The molecule has 1 aromatic carbocycles. The van der Waals surface area contributed by atoms with Gasteiger partial charge in [0.15, 0.2) is 11.5 Å². The van der Waals surface area contributed by atoms with Gasteiger partial charge in [0.2, 0.25) is 0 Å². The number of nitrogens with two attached hydrogens (primary N) is 1. The van der Waals surface area contributed by atoms with Gasteiger partial charge in [-0.05, 0) is 100 Å². The highest BCUT2D eigenvalue weighted by Crippen LogP contribution is 2.31. The third-order valence-corrected chi connectivity index (χ3v) is 4.57. The van der Waals surface area contributed by atoms with Crippen LogP contribution in [0.3, 0.4) is 0 Å². The SMILES string of the molecule is C[C@H](OC(=O)OC(C)(C)C)[C@H](C)OC(=O)[C@@H](N)Cc1ccc(OC(=O)OC(C)(C)C)c(OC(=O)OC(C)(C)C)c1. The summed E-state index contributed by atoms with van der Waals surface area (Å²) in [5.41, 5.74) is 4.13. The van der Waals surface area contributed by atoms with E-state index in [0.717, 1.165) is 0 Å². The topological polar surface area (TPSA) is 159 Å². The maximum atomic E-state index is 12.6. The first-order valence-electron chi connectivity index (χ1n) is 12.8. The van der Waals surface area contributed by atoms with Gasteiger partial charge in [-0.3, -0.25) is 4.79 Å². The molecule has 0 fully saturated rings. The second-order valence-electron chi connectivity index (χ2n) is 12.2. The Morgan fingerprint density at radius 2 is 1.10 bits per heavy atom. The molecule has 0 aromatic heterocycles. The maximum absolute atomic E-state index is 12.6. The van der Waals surface area contributed by atoms with Crippen LogP contribution in [-0.2, 0) is 34.9 Å². The lowest BCUT2D eigenvalue weighted by molar-refractivity contribution is -0.156. The summed E-state index contributed by atoms with van der Waals surface area (Å²) in [5, 5.41) is 0. The van der Waals surface area contributed by atoms with Crippen LogP contribution in [0.5, 0.6) is 11.5 Å². The molecule has 0 aliphatic heterocycles. The molecule has 1 rings (SSSR count). The van der Waals surface area contributed by atoms with Crippen molar-refractivity contribution in [2.24, 2.45) is 5.73 Å². The Kier molecular flexibility index (Phi) is 11.8. The largest absolute Gasteiger partial charge is 0.514 e. The summed E-state index contributed by atoms with van der Waals surface area (Å²) in [7, 11) is 0. The molecule has 3 atom stereocenters. The van der Waals surface area contributed by atoms with E-state index in [1.165, 1.54) is 18.2 Å². The van der Waals surface area contributed by atoms with Gasteiger partial charge >= 0.3 is 24.4 Å². The monoisotopic (exact) mass is 569 g/mol. The number of hydrogen-bond donors (Lipinski definition) is 1. The van der Waals surface area contributed by atoms with Crippen LogP contribution >= 0.6 is 0 Å². The average Bonchev–Trinajstić information content (AvgIpc) is 2.71. The van der Waals surface area contributed by atoms with Crippen molar-refractivity contribution in [1.29, 1.82) is 0 Å². The standard InChI is InChI=1S/C28H43NO11/c1-16(17(2)35-23(31)38-26(3,4)5)34-22(30)19(29)14-18-12-13-20(36-24(32)39-27(6,7)8)21(15-18)37-25(33)40-28(9,10)11/h12-13,15-17,19H,14,29H2,1-11H3/t16-,17-,19-/m0/s1. The molecule has 0 spiro atoms. The molecule has 0 saturated heterocycles. The highest BCUT2D eigenvalue weighted by atomic mass is 16.8. The zero-order valence-electron chi connectivity index (χ0n) is 25.2. The predicted octanol–water partition coefficient (Wildman–Crippen LogP) is 5.46. The van der Waals surface area contributed by atoms with E-state index in [9.17, 15) is 19.2 Å². The zero-order valence-corrected chi connectivity index (χ0v) is 25.2. The van der Waals surface area contributed by atoms with Gasteiger partial charge in [0.25, 0.3) is 0 Å². The second-order valence-corrected chi connectivity index (χ2v) is 12.2. The van der Waals surface area contributed by atoms with Crippen molar-refractivity contribution in [2.75, 3.05) is 0 Å². The molecule has 0 unspecified atom stereocenters. The molecular weight excluding hydrogens is 526 g/mol. The lowest BCUT2D eigenvalue weighted by Crippen LogP contribution is -2.40. The predicted molar refractivity (Wildman–Crippen MR) is 144 cm³/mol. The minimum atomic E-state index is -1.12. The first-order chi connectivity index (χ1) is 18.0. The van der Waals surface area contributed by atoms with E-state index in [1.807, 2.05) is 0 Å². The molecule has 0 amide bonds. The third kappa shape index (κ3) is 14.0. The zero-order chi connectivity index (χ0) is 31.1. The number of hydrogen-bond acceptors (Lipinski definition) is 12. The van der Waals surface area contributed by atoms with E-state index >= 15 is 0 Å². The summed E-state index contributed by atoms with van der Waals surface area (Å²) in [6.45, 7) is 18.2. The van der Waals surface area contributed by atoms with Gasteiger partial charge in [-0.25, -0.2) is 14.4 Å². The summed E-state index contributed by atoms with van der Waals surface area (Å²) < 4.78 is 36.5. The molecule has 1 aromatic rings. The Morgan fingerprint density at radius 1 is 0.675 bits per heavy atom. The van der Waals surface area contributed by atoms with E-state index < -0.39 is 59.5 Å². The van der Waals surface area contributed by atoms with Crippen LogP contribution in [-0.4, -0.2) is 59.5 Å². The smallest absolute Gasteiger partial charge is 0.458 e. The molecular formula is C28H43NO11. The molecule has 12 nitrogen and oxygen atoms in total. The number of rotatable bonds is 8. The molecule has 0 saturated carbocycles. The molecule has 12 heteroatoms. The van der Waals surface area contributed by atoms with Crippen LogP contribution in [0, 0.1) is 0 Å². The van der Waals surface area contributed by atoms with Gasteiger partial charge in [-0.15, -0.1) is 0 Å². The number of benzene rings is 1. The van der Waals surface area contributed by atoms with E-state index in [1.54, 1.807) is 76.2 Å². The van der Waals surface area contributed by atoms with Gasteiger partial charge in [0.1, 0.15) is 35.1 Å². The van der Waals surface area contributed by atoms with Crippen molar-refractivity contribution >= 4 is 24.4 Å². The van der Waals surface area contributed by atoms with Crippen LogP contribution in [0.2, 0.25) is 0 Å². The molecule has 2 N–H and O–H groups in total. The summed E-state index contributed by atoms with van der Waals surface area (Å²) >= 11 is 0. The van der Waals surface area contributed by atoms with E-state index in [4.69, 9.17) is 38.9 Å². The first kappa shape index (κ1) is 34.5. The van der Waals surface area contributed by atoms with Crippen molar-refractivity contribution in [1.82, 2.24) is 0 Å². The lowest BCUT2D eigenvalue weighted by atomic mass is 10.1. The number of carbonyl (C=O) groups is 4. The molecule has 0 bridgehead atoms. The minimum Gasteiger partial charge on any atom is -0.458 e. The molecule has 226 valence electrons. The number of ether oxygens (including phenoxy) is 7. The molecule has 0 aliphatic carbocycles. The van der Waals surface area contributed by atoms with Gasteiger partial charge < -0.3 is 38.9 Å². The normalized spacial score (nSPS) is 14.2. The van der Waals surface area contributed by atoms with Crippen LogP contribution in [0.25, 0.3) is 0 Å². The van der Waals surface area contributed by atoms with Crippen LogP contribution in [0.1, 0.15) is 81.7 Å².